The largest absolute Gasteiger partial charge is 0.384 e. The van der Waals surface area contributed by atoms with Crippen LogP contribution in [0.2, 0.25) is 0 Å². The fraction of sp³-hybridized carbons (Fsp3) is 0.143. The first kappa shape index (κ1) is 8.20. The van der Waals surface area contributed by atoms with Crippen LogP contribution in [0.1, 0.15) is 0 Å². The van der Waals surface area contributed by atoms with E-state index in [1.165, 1.54) is 12.2 Å². The van der Waals surface area contributed by atoms with E-state index in [9.17, 15) is 9.59 Å². The highest BCUT2D eigenvalue weighted by atomic mass is 79.9. The highest BCUT2D eigenvalue weighted by molar-refractivity contribution is 9.12. The summed E-state index contributed by atoms with van der Waals surface area (Å²) in [6.07, 6.45) is 2.49. The third kappa shape index (κ3) is 1.40. The standard InChI is InChI=1S/C7H6BrNO2/c1-9-7-5(11)3-2-4(10)6(7)8/h2-3,9H,1H3. The van der Waals surface area contributed by atoms with Crippen LogP contribution in [-0.4, -0.2) is 18.6 Å². The molecular formula is C7H6BrNO2. The van der Waals surface area contributed by atoms with Gasteiger partial charge < -0.3 is 5.32 Å². The van der Waals surface area contributed by atoms with Crippen LogP contribution in [0, 0.1) is 0 Å². The molecule has 1 aliphatic rings. The van der Waals surface area contributed by atoms with E-state index in [1.807, 2.05) is 0 Å². The highest BCUT2D eigenvalue weighted by Gasteiger charge is 2.18. The lowest BCUT2D eigenvalue weighted by Crippen LogP contribution is -2.21. The Morgan fingerprint density at radius 1 is 1.27 bits per heavy atom. The van der Waals surface area contributed by atoms with Crippen LogP contribution in [0.15, 0.2) is 22.3 Å². The molecule has 0 heterocycles. The molecule has 0 aliphatic heterocycles. The monoisotopic (exact) mass is 215 g/mol. The molecule has 0 radical (unpaired) electrons. The van der Waals surface area contributed by atoms with Crippen molar-refractivity contribution in [1.29, 1.82) is 0 Å². The van der Waals surface area contributed by atoms with Crippen LogP contribution in [-0.2, 0) is 9.59 Å². The molecule has 1 N–H and O–H groups in total. The summed E-state index contributed by atoms with van der Waals surface area (Å²) in [5.74, 6) is -0.368. The number of allylic oxidation sites excluding steroid dienone is 3. The van der Waals surface area contributed by atoms with Crippen LogP contribution in [0.3, 0.4) is 0 Å². The lowest BCUT2D eigenvalue weighted by atomic mass is 10.1. The Hall–Kier alpha value is -0.900. The third-order valence-electron chi connectivity index (χ3n) is 1.32. The zero-order valence-corrected chi connectivity index (χ0v) is 7.44. The van der Waals surface area contributed by atoms with E-state index in [2.05, 4.69) is 21.2 Å². The molecule has 0 atom stereocenters. The van der Waals surface area contributed by atoms with E-state index in [4.69, 9.17) is 0 Å². The van der Waals surface area contributed by atoms with Crippen molar-refractivity contribution in [1.82, 2.24) is 5.32 Å². The molecule has 4 heteroatoms. The fourth-order valence-corrected chi connectivity index (χ4v) is 1.30. The SMILES string of the molecule is CNC1=C(Br)C(=O)C=CC1=O. The molecule has 0 amide bonds. The lowest BCUT2D eigenvalue weighted by Gasteiger charge is -2.08. The molecule has 58 valence electrons. The molecule has 0 aromatic carbocycles. The molecule has 0 spiro atoms. The van der Waals surface area contributed by atoms with Crippen LogP contribution in [0.25, 0.3) is 0 Å². The number of nitrogens with one attached hydrogen (secondary N) is 1. The van der Waals surface area contributed by atoms with Crippen molar-refractivity contribution >= 4 is 27.5 Å². The summed E-state index contributed by atoms with van der Waals surface area (Å²) in [5.41, 5.74) is 0.317. The van der Waals surface area contributed by atoms with Crippen LogP contribution < -0.4 is 5.32 Å². The fourth-order valence-electron chi connectivity index (χ4n) is 0.772. The zero-order valence-electron chi connectivity index (χ0n) is 5.85. The number of rotatable bonds is 1. The quantitative estimate of drug-likeness (QED) is 0.650. The smallest absolute Gasteiger partial charge is 0.203 e. The second kappa shape index (κ2) is 3.00. The average molecular weight is 216 g/mol. The minimum Gasteiger partial charge on any atom is -0.384 e. The maximum Gasteiger partial charge on any atom is 0.203 e. The van der Waals surface area contributed by atoms with Crippen molar-refractivity contribution in [2.75, 3.05) is 7.05 Å². The number of carbonyl (C=O) groups excluding carboxylic acids is 2. The molecule has 0 fully saturated rings. The van der Waals surface area contributed by atoms with Gasteiger partial charge >= 0.3 is 0 Å². The van der Waals surface area contributed by atoms with Gasteiger partial charge in [0.1, 0.15) is 5.70 Å². The summed E-state index contributed by atoms with van der Waals surface area (Å²) in [7, 11) is 1.60. The molecule has 1 rings (SSSR count). The number of halogens is 1. The maximum atomic E-state index is 11.0. The van der Waals surface area contributed by atoms with E-state index in [0.717, 1.165) is 0 Å². The van der Waals surface area contributed by atoms with Crippen LogP contribution in [0.5, 0.6) is 0 Å². The van der Waals surface area contributed by atoms with Crippen LogP contribution >= 0.6 is 15.9 Å². The third-order valence-corrected chi connectivity index (χ3v) is 2.11. The molecule has 1 aliphatic carbocycles. The maximum absolute atomic E-state index is 11.0. The van der Waals surface area contributed by atoms with E-state index < -0.39 is 0 Å². The topological polar surface area (TPSA) is 46.2 Å². The number of carbonyl (C=O) groups is 2. The predicted molar refractivity (Wildman–Crippen MR) is 44.2 cm³/mol. The molecule has 11 heavy (non-hydrogen) atoms. The van der Waals surface area contributed by atoms with E-state index in [0.29, 0.717) is 10.2 Å². The van der Waals surface area contributed by atoms with Gasteiger partial charge in [0.05, 0.1) is 4.48 Å². The van der Waals surface area contributed by atoms with Gasteiger partial charge in [0.2, 0.25) is 5.78 Å². The Morgan fingerprint density at radius 2 is 1.82 bits per heavy atom. The molecule has 0 saturated heterocycles. The zero-order chi connectivity index (χ0) is 8.43. The number of hydrogen-bond acceptors (Lipinski definition) is 3. The van der Waals surface area contributed by atoms with Crippen molar-refractivity contribution in [2.24, 2.45) is 0 Å². The van der Waals surface area contributed by atoms with Gasteiger partial charge in [-0.2, -0.15) is 0 Å². The number of hydrogen-bond donors (Lipinski definition) is 1. The molecule has 3 nitrogen and oxygen atoms in total. The summed E-state index contributed by atoms with van der Waals surface area (Å²) < 4.78 is 0.299. The van der Waals surface area contributed by atoms with Gasteiger partial charge in [0, 0.05) is 7.05 Å². The van der Waals surface area contributed by atoms with Gasteiger partial charge in [0.25, 0.3) is 0 Å². The molecule has 0 bridgehead atoms. The first-order valence-electron chi connectivity index (χ1n) is 3.01. The van der Waals surface area contributed by atoms with Gasteiger partial charge in [-0.3, -0.25) is 9.59 Å². The number of likely N-dealkylation sites (N-methyl/N-ethyl adjacent to an activating group) is 1. The Morgan fingerprint density at radius 3 is 2.27 bits per heavy atom. The van der Waals surface area contributed by atoms with Gasteiger partial charge in [-0.1, -0.05) is 0 Å². The Labute approximate surface area is 72.3 Å². The van der Waals surface area contributed by atoms with Crippen molar-refractivity contribution in [3.63, 3.8) is 0 Å². The average Bonchev–Trinajstić information content (AvgIpc) is 1.99. The van der Waals surface area contributed by atoms with E-state index in [1.54, 1.807) is 7.05 Å². The van der Waals surface area contributed by atoms with Gasteiger partial charge in [-0.05, 0) is 28.1 Å². The van der Waals surface area contributed by atoms with Gasteiger partial charge in [0.15, 0.2) is 5.78 Å². The van der Waals surface area contributed by atoms with E-state index >= 15 is 0 Å². The first-order valence-corrected chi connectivity index (χ1v) is 3.80. The van der Waals surface area contributed by atoms with Crippen molar-refractivity contribution in [3.8, 4) is 0 Å². The van der Waals surface area contributed by atoms with Crippen LogP contribution in [0.4, 0.5) is 0 Å². The van der Waals surface area contributed by atoms with Crippen molar-refractivity contribution in [2.45, 2.75) is 0 Å². The molecule has 0 aromatic rings. The Balaban J connectivity index is 3.09. The van der Waals surface area contributed by atoms with Crippen molar-refractivity contribution < 1.29 is 9.59 Å². The minimum atomic E-state index is -0.186. The minimum absolute atomic E-state index is 0.182. The summed E-state index contributed by atoms with van der Waals surface area (Å²) in [5, 5.41) is 2.64. The Bertz CT molecular complexity index is 278. The van der Waals surface area contributed by atoms with E-state index in [-0.39, 0.29) is 11.6 Å². The first-order chi connectivity index (χ1) is 5.16. The molecule has 0 aromatic heterocycles. The lowest BCUT2D eigenvalue weighted by molar-refractivity contribution is -0.114. The second-order valence-electron chi connectivity index (χ2n) is 2.00. The van der Waals surface area contributed by atoms with Gasteiger partial charge in [-0.15, -0.1) is 0 Å². The highest BCUT2D eigenvalue weighted by Crippen LogP contribution is 2.16. The Kier molecular flexibility index (Phi) is 2.24. The predicted octanol–water partition coefficient (Wildman–Crippen LogP) is 0.520. The summed E-state index contributed by atoms with van der Waals surface area (Å²) in [4.78, 5) is 21.9. The van der Waals surface area contributed by atoms with Crippen molar-refractivity contribution in [3.05, 3.63) is 22.3 Å². The second-order valence-corrected chi connectivity index (χ2v) is 2.79. The summed E-state index contributed by atoms with van der Waals surface area (Å²) >= 11 is 3.02. The molecule has 0 unspecified atom stereocenters. The summed E-state index contributed by atoms with van der Waals surface area (Å²) in [6, 6.07) is 0. The molecule has 0 saturated carbocycles. The van der Waals surface area contributed by atoms with Gasteiger partial charge in [-0.25, -0.2) is 0 Å². The molecular weight excluding hydrogens is 210 g/mol. The summed E-state index contributed by atoms with van der Waals surface area (Å²) in [6.45, 7) is 0. The number of ketones is 2. The normalized spacial score (nSPS) is 17.6.